The molecule has 8 heteroatoms. The second-order valence-electron chi connectivity index (χ2n) is 8.60. The molecule has 0 atom stereocenters. The molecule has 2 fully saturated rings. The van der Waals surface area contributed by atoms with Crippen LogP contribution in [0.2, 0.25) is 0 Å². The van der Waals surface area contributed by atoms with E-state index in [2.05, 4.69) is 37.6 Å². The smallest absolute Gasteiger partial charge is 0.290 e. The van der Waals surface area contributed by atoms with Crippen LogP contribution in [0.5, 0.6) is 0 Å². The molecule has 1 aromatic carbocycles. The number of hydrogen-bond acceptors (Lipinski definition) is 6. The standard InChI is InChI=1S/C23H28N6OS/c1-16-25-19(15-31-16)14-28-11-9-17(10-12-28)13-24-23(30)21-26-22(18-7-8-18)29(27-21)20-5-3-2-4-6-20/h2-6,15,17-18H,7-14H2,1H3,(H,24,30). The van der Waals surface area contributed by atoms with Gasteiger partial charge in [-0.1, -0.05) is 18.2 Å². The summed E-state index contributed by atoms with van der Waals surface area (Å²) >= 11 is 1.71. The van der Waals surface area contributed by atoms with Gasteiger partial charge < -0.3 is 5.32 Å². The number of nitrogens with one attached hydrogen (secondary N) is 1. The molecule has 2 aliphatic rings. The quantitative estimate of drug-likeness (QED) is 0.613. The number of aromatic nitrogens is 4. The van der Waals surface area contributed by atoms with Crippen molar-refractivity contribution in [2.24, 2.45) is 5.92 Å². The summed E-state index contributed by atoms with van der Waals surface area (Å²) in [5.41, 5.74) is 2.12. The number of carbonyl (C=O) groups is 1. The lowest BCUT2D eigenvalue weighted by Gasteiger charge is -2.31. The van der Waals surface area contributed by atoms with Gasteiger partial charge in [0.1, 0.15) is 5.82 Å². The first kappa shape index (κ1) is 20.3. The molecule has 5 rings (SSSR count). The van der Waals surface area contributed by atoms with Crippen LogP contribution >= 0.6 is 11.3 Å². The molecular weight excluding hydrogens is 408 g/mol. The Labute approximate surface area is 186 Å². The van der Waals surface area contributed by atoms with Crippen molar-refractivity contribution < 1.29 is 4.79 Å². The average Bonchev–Trinajstić information content (AvgIpc) is 3.41. The highest BCUT2D eigenvalue weighted by Gasteiger charge is 2.31. The Hall–Kier alpha value is -2.58. The summed E-state index contributed by atoms with van der Waals surface area (Å²) in [4.78, 5) is 24.4. The number of rotatable bonds is 7. The van der Waals surface area contributed by atoms with Gasteiger partial charge in [0.05, 0.1) is 16.4 Å². The maximum atomic E-state index is 12.8. The summed E-state index contributed by atoms with van der Waals surface area (Å²) in [6.07, 6.45) is 4.41. The number of hydrogen-bond donors (Lipinski definition) is 1. The molecule has 31 heavy (non-hydrogen) atoms. The fourth-order valence-electron chi connectivity index (χ4n) is 4.16. The zero-order chi connectivity index (χ0) is 21.2. The van der Waals surface area contributed by atoms with Gasteiger partial charge in [0, 0.05) is 24.4 Å². The molecule has 2 aromatic heterocycles. The summed E-state index contributed by atoms with van der Waals surface area (Å²) in [6, 6.07) is 9.95. The van der Waals surface area contributed by atoms with Gasteiger partial charge in [-0.15, -0.1) is 16.4 Å². The number of aryl methyl sites for hydroxylation is 1. The van der Waals surface area contributed by atoms with E-state index in [-0.39, 0.29) is 11.7 Å². The number of benzene rings is 1. The minimum atomic E-state index is -0.169. The first-order valence-electron chi connectivity index (χ1n) is 11.1. The van der Waals surface area contributed by atoms with E-state index in [4.69, 9.17) is 0 Å². The second kappa shape index (κ2) is 8.88. The van der Waals surface area contributed by atoms with Crippen molar-refractivity contribution in [3.63, 3.8) is 0 Å². The molecule has 3 aromatic rings. The highest BCUT2D eigenvalue weighted by Crippen LogP contribution is 2.39. The van der Waals surface area contributed by atoms with E-state index in [1.165, 1.54) is 5.69 Å². The van der Waals surface area contributed by atoms with Crippen LogP contribution < -0.4 is 5.32 Å². The summed E-state index contributed by atoms with van der Waals surface area (Å²) in [5.74, 6) is 1.93. The van der Waals surface area contributed by atoms with Gasteiger partial charge in [0.15, 0.2) is 0 Å². The Kier molecular flexibility index (Phi) is 5.82. The Morgan fingerprint density at radius 1 is 1.13 bits per heavy atom. The third kappa shape index (κ3) is 4.85. The van der Waals surface area contributed by atoms with Crippen molar-refractivity contribution in [3.05, 3.63) is 58.1 Å². The third-order valence-corrected chi connectivity index (χ3v) is 6.91. The van der Waals surface area contributed by atoms with Crippen molar-refractivity contribution in [1.82, 2.24) is 30.0 Å². The maximum absolute atomic E-state index is 12.8. The van der Waals surface area contributed by atoms with Crippen LogP contribution in [0.15, 0.2) is 35.7 Å². The molecule has 3 heterocycles. The lowest BCUT2D eigenvalue weighted by atomic mass is 9.96. The highest BCUT2D eigenvalue weighted by molar-refractivity contribution is 7.09. The van der Waals surface area contributed by atoms with Crippen molar-refractivity contribution >= 4 is 17.2 Å². The summed E-state index contributed by atoms with van der Waals surface area (Å²) in [7, 11) is 0. The molecule has 0 bridgehead atoms. The summed E-state index contributed by atoms with van der Waals surface area (Å²) in [5, 5.41) is 10.9. The van der Waals surface area contributed by atoms with Crippen LogP contribution in [-0.4, -0.2) is 50.2 Å². The molecule has 1 aliphatic carbocycles. The van der Waals surface area contributed by atoms with E-state index in [9.17, 15) is 4.79 Å². The predicted octanol–water partition coefficient (Wildman–Crippen LogP) is 3.55. The van der Waals surface area contributed by atoms with Gasteiger partial charge in [-0.05, 0) is 63.7 Å². The van der Waals surface area contributed by atoms with Crippen LogP contribution in [0.1, 0.15) is 58.7 Å². The van der Waals surface area contributed by atoms with Crippen LogP contribution in [-0.2, 0) is 6.54 Å². The fourth-order valence-corrected chi connectivity index (χ4v) is 4.76. The molecule has 0 radical (unpaired) electrons. The van der Waals surface area contributed by atoms with Gasteiger partial charge in [-0.3, -0.25) is 9.69 Å². The number of piperidine rings is 1. The number of para-hydroxylation sites is 1. The van der Waals surface area contributed by atoms with Gasteiger partial charge in [-0.2, -0.15) is 0 Å². The number of nitrogens with zero attached hydrogens (tertiary/aromatic N) is 5. The number of likely N-dealkylation sites (tertiary alicyclic amines) is 1. The molecular formula is C23H28N6OS. The SMILES string of the molecule is Cc1nc(CN2CCC(CNC(=O)c3nc(C4CC4)n(-c4ccccc4)n3)CC2)cs1. The third-order valence-electron chi connectivity index (χ3n) is 6.09. The van der Waals surface area contributed by atoms with Crippen molar-refractivity contribution in [2.75, 3.05) is 19.6 Å². The van der Waals surface area contributed by atoms with Gasteiger partial charge in [-0.25, -0.2) is 14.6 Å². The highest BCUT2D eigenvalue weighted by atomic mass is 32.1. The van der Waals surface area contributed by atoms with E-state index in [1.807, 2.05) is 35.0 Å². The Morgan fingerprint density at radius 3 is 2.58 bits per heavy atom. The Balaban J connectivity index is 1.15. The summed E-state index contributed by atoms with van der Waals surface area (Å²) < 4.78 is 1.84. The second-order valence-corrected chi connectivity index (χ2v) is 9.66. The lowest BCUT2D eigenvalue weighted by Crippen LogP contribution is -2.38. The Morgan fingerprint density at radius 2 is 1.90 bits per heavy atom. The van der Waals surface area contributed by atoms with Crippen molar-refractivity contribution in [1.29, 1.82) is 0 Å². The van der Waals surface area contributed by atoms with E-state index in [1.54, 1.807) is 11.3 Å². The van der Waals surface area contributed by atoms with Crippen LogP contribution in [0, 0.1) is 12.8 Å². The average molecular weight is 437 g/mol. The molecule has 1 amide bonds. The molecule has 1 saturated heterocycles. The monoisotopic (exact) mass is 436 g/mol. The van der Waals surface area contributed by atoms with Crippen LogP contribution in [0.3, 0.4) is 0 Å². The van der Waals surface area contributed by atoms with E-state index in [0.717, 1.165) is 61.8 Å². The largest absolute Gasteiger partial charge is 0.349 e. The van der Waals surface area contributed by atoms with Gasteiger partial charge in [0.2, 0.25) is 5.82 Å². The fraction of sp³-hybridized carbons (Fsp3) is 0.478. The molecule has 0 spiro atoms. The van der Waals surface area contributed by atoms with E-state index < -0.39 is 0 Å². The zero-order valence-corrected chi connectivity index (χ0v) is 18.6. The van der Waals surface area contributed by atoms with E-state index in [0.29, 0.717) is 18.4 Å². The number of amides is 1. The minimum Gasteiger partial charge on any atom is -0.349 e. The summed E-state index contributed by atoms with van der Waals surface area (Å²) in [6.45, 7) is 5.75. The van der Waals surface area contributed by atoms with Gasteiger partial charge >= 0.3 is 0 Å². The predicted molar refractivity (Wildman–Crippen MR) is 121 cm³/mol. The molecule has 162 valence electrons. The number of carbonyl (C=O) groups excluding carboxylic acids is 1. The number of thiazole rings is 1. The van der Waals surface area contributed by atoms with Gasteiger partial charge in [0.25, 0.3) is 5.91 Å². The first-order chi connectivity index (χ1) is 15.2. The topological polar surface area (TPSA) is 75.9 Å². The van der Waals surface area contributed by atoms with Crippen LogP contribution in [0.4, 0.5) is 0 Å². The maximum Gasteiger partial charge on any atom is 0.290 e. The van der Waals surface area contributed by atoms with Crippen molar-refractivity contribution in [3.8, 4) is 5.69 Å². The molecule has 1 N–H and O–H groups in total. The molecule has 1 aliphatic heterocycles. The lowest BCUT2D eigenvalue weighted by molar-refractivity contribution is 0.0924. The molecule has 7 nitrogen and oxygen atoms in total. The normalized spacial score (nSPS) is 17.7. The molecule has 1 saturated carbocycles. The molecule has 0 unspecified atom stereocenters. The first-order valence-corrected chi connectivity index (χ1v) is 12.0. The Bertz CT molecular complexity index is 1030. The van der Waals surface area contributed by atoms with Crippen LogP contribution in [0.25, 0.3) is 5.69 Å². The minimum absolute atomic E-state index is 0.169. The zero-order valence-electron chi connectivity index (χ0n) is 17.8. The van der Waals surface area contributed by atoms with Crippen molar-refractivity contribution in [2.45, 2.75) is 45.1 Å². The van der Waals surface area contributed by atoms with E-state index >= 15 is 0 Å².